The van der Waals surface area contributed by atoms with Crippen LogP contribution in [0.15, 0.2) is 45.3 Å². The van der Waals surface area contributed by atoms with Gasteiger partial charge in [-0.05, 0) is 36.4 Å². The minimum atomic E-state index is -3.12. The normalized spacial score (nSPS) is 10.7. The summed E-state index contributed by atoms with van der Waals surface area (Å²) in [6, 6.07) is 7.95. The lowest BCUT2D eigenvalue weighted by atomic mass is 10.3. The molecular formula is C12H7Br2F2O3P. The van der Waals surface area contributed by atoms with Crippen LogP contribution < -0.4 is 9.05 Å². The summed E-state index contributed by atoms with van der Waals surface area (Å²) in [5.41, 5.74) is 0. The summed E-state index contributed by atoms with van der Waals surface area (Å²) in [6.07, 6.45) is 0. The van der Waals surface area contributed by atoms with Crippen molar-refractivity contribution in [2.45, 2.75) is 0 Å². The van der Waals surface area contributed by atoms with E-state index in [1.807, 2.05) is 0 Å². The van der Waals surface area contributed by atoms with Gasteiger partial charge in [-0.2, -0.15) is 0 Å². The van der Waals surface area contributed by atoms with Crippen LogP contribution in [-0.4, -0.2) is 0 Å². The maximum absolute atomic E-state index is 13.5. The van der Waals surface area contributed by atoms with E-state index in [-0.39, 0.29) is 11.5 Å². The molecule has 106 valence electrons. The van der Waals surface area contributed by atoms with Crippen molar-refractivity contribution in [2.75, 3.05) is 0 Å². The van der Waals surface area contributed by atoms with Gasteiger partial charge in [0.1, 0.15) is 0 Å². The number of benzene rings is 2. The van der Waals surface area contributed by atoms with Gasteiger partial charge in [-0.15, -0.1) is 0 Å². The fraction of sp³-hybridized carbons (Fsp3) is 0. The van der Waals surface area contributed by atoms with Crippen molar-refractivity contribution in [1.82, 2.24) is 0 Å². The Bertz CT molecular complexity index is 612. The summed E-state index contributed by atoms with van der Waals surface area (Å²) in [4.78, 5) is 0. The molecule has 20 heavy (non-hydrogen) atoms. The van der Waals surface area contributed by atoms with Crippen LogP contribution in [0.25, 0.3) is 0 Å². The van der Waals surface area contributed by atoms with Gasteiger partial charge in [0.15, 0.2) is 23.1 Å². The Kier molecular flexibility index (Phi) is 5.18. The quantitative estimate of drug-likeness (QED) is 0.618. The molecule has 2 rings (SSSR count). The molecule has 2 aromatic rings. The molecule has 2 aromatic carbocycles. The summed E-state index contributed by atoms with van der Waals surface area (Å²) in [5.74, 6) is -1.85. The lowest BCUT2D eigenvalue weighted by molar-refractivity contribution is 0.393. The lowest BCUT2D eigenvalue weighted by Gasteiger charge is -2.09. The summed E-state index contributed by atoms with van der Waals surface area (Å²) < 4.78 is 49.3. The average molecular weight is 428 g/mol. The first-order valence-electron chi connectivity index (χ1n) is 5.25. The first-order valence-corrected chi connectivity index (χ1v) is 8.06. The largest absolute Gasteiger partial charge is 0.419 e. The fourth-order valence-electron chi connectivity index (χ4n) is 1.32. The third-order valence-electron chi connectivity index (χ3n) is 2.17. The Morgan fingerprint density at radius 3 is 1.60 bits per heavy atom. The molecule has 0 aliphatic rings. The maximum Gasteiger partial charge on any atom is 0.419 e. The van der Waals surface area contributed by atoms with Crippen molar-refractivity contribution in [2.24, 2.45) is 0 Å². The number of hydrogen-bond donors (Lipinski definition) is 0. The molecule has 0 bridgehead atoms. The topological polar surface area (TPSA) is 35.5 Å². The second-order valence-electron chi connectivity index (χ2n) is 3.60. The van der Waals surface area contributed by atoms with Gasteiger partial charge in [-0.25, -0.2) is 13.3 Å². The summed E-state index contributed by atoms with van der Waals surface area (Å²) in [5, 5.41) is 0. The highest BCUT2D eigenvalue weighted by Crippen LogP contribution is 2.34. The third-order valence-corrected chi connectivity index (χ3v) is 3.93. The van der Waals surface area contributed by atoms with Gasteiger partial charge in [0.05, 0.1) is 0 Å². The van der Waals surface area contributed by atoms with Crippen molar-refractivity contribution in [1.29, 1.82) is 0 Å². The van der Waals surface area contributed by atoms with Gasteiger partial charge < -0.3 is 9.05 Å². The second kappa shape index (κ2) is 6.70. The second-order valence-corrected chi connectivity index (χ2v) is 6.34. The minimum absolute atomic E-state index is 0.227. The van der Waals surface area contributed by atoms with E-state index in [2.05, 4.69) is 31.9 Å². The van der Waals surface area contributed by atoms with Gasteiger partial charge in [0, 0.05) is 8.95 Å². The van der Waals surface area contributed by atoms with Crippen molar-refractivity contribution < 1.29 is 22.4 Å². The number of halogens is 4. The molecule has 0 radical (unpaired) electrons. The molecule has 0 heterocycles. The zero-order chi connectivity index (χ0) is 14.7. The molecule has 0 saturated carbocycles. The Balaban J connectivity index is 2.09. The maximum atomic E-state index is 13.5. The molecule has 0 atom stereocenters. The molecule has 0 aliphatic carbocycles. The van der Waals surface area contributed by atoms with Crippen molar-refractivity contribution >= 4 is 40.1 Å². The van der Waals surface area contributed by atoms with Crippen LogP contribution in [0.2, 0.25) is 0 Å². The van der Waals surface area contributed by atoms with Crippen LogP contribution >= 0.6 is 40.1 Å². The van der Waals surface area contributed by atoms with E-state index in [9.17, 15) is 13.3 Å². The predicted molar refractivity (Wildman–Crippen MR) is 78.5 cm³/mol. The van der Waals surface area contributed by atoms with Crippen LogP contribution in [0.3, 0.4) is 0 Å². The van der Waals surface area contributed by atoms with Gasteiger partial charge in [-0.1, -0.05) is 31.9 Å². The highest BCUT2D eigenvalue weighted by atomic mass is 79.9. The van der Waals surface area contributed by atoms with Gasteiger partial charge >= 0.3 is 8.25 Å². The SMILES string of the molecule is O=[PH](Oc1ccc(Br)cc1F)Oc1ccc(Br)cc1F. The van der Waals surface area contributed by atoms with Gasteiger partial charge in [-0.3, -0.25) is 0 Å². The summed E-state index contributed by atoms with van der Waals surface area (Å²) in [7, 11) is -3.12. The Hall–Kier alpha value is -0.910. The lowest BCUT2D eigenvalue weighted by Crippen LogP contribution is -1.93. The van der Waals surface area contributed by atoms with E-state index in [0.717, 1.165) is 12.1 Å². The van der Waals surface area contributed by atoms with Gasteiger partial charge in [0.2, 0.25) is 0 Å². The summed E-state index contributed by atoms with van der Waals surface area (Å²) >= 11 is 6.16. The van der Waals surface area contributed by atoms with Crippen molar-refractivity contribution in [3.8, 4) is 11.5 Å². The first-order chi connectivity index (χ1) is 9.45. The molecule has 0 fully saturated rings. The van der Waals surface area contributed by atoms with Crippen molar-refractivity contribution in [3.05, 3.63) is 57.0 Å². The molecule has 8 heteroatoms. The Labute approximate surface area is 131 Å². The zero-order valence-corrected chi connectivity index (χ0v) is 13.9. The molecule has 0 N–H and O–H groups in total. The predicted octanol–water partition coefficient (Wildman–Crippen LogP) is 5.34. The molecule has 0 amide bonds. The van der Waals surface area contributed by atoms with E-state index in [1.165, 1.54) is 24.3 Å². The molecule has 0 aromatic heterocycles. The highest BCUT2D eigenvalue weighted by Gasteiger charge is 2.12. The van der Waals surface area contributed by atoms with Gasteiger partial charge in [0.25, 0.3) is 0 Å². The van der Waals surface area contributed by atoms with Crippen molar-refractivity contribution in [3.63, 3.8) is 0 Å². The number of hydrogen-bond acceptors (Lipinski definition) is 3. The monoisotopic (exact) mass is 426 g/mol. The zero-order valence-electron chi connectivity index (χ0n) is 9.70. The standard InChI is InChI=1S/C12H7Br2F2O3P/c13-7-1-3-11(9(15)5-7)18-20(17)19-12-4-2-8(14)6-10(12)16/h1-6,20H. The average Bonchev–Trinajstić information content (AvgIpc) is 2.36. The molecule has 0 aliphatic heterocycles. The van der Waals surface area contributed by atoms with E-state index < -0.39 is 19.9 Å². The molecule has 3 nitrogen and oxygen atoms in total. The molecule has 0 saturated heterocycles. The van der Waals surface area contributed by atoms with E-state index in [0.29, 0.717) is 8.95 Å². The highest BCUT2D eigenvalue weighted by molar-refractivity contribution is 9.10. The van der Waals surface area contributed by atoms with Crippen LogP contribution in [0, 0.1) is 11.6 Å². The third kappa shape index (κ3) is 4.04. The van der Waals surface area contributed by atoms with Crippen LogP contribution in [0.4, 0.5) is 8.78 Å². The first kappa shape index (κ1) is 15.5. The van der Waals surface area contributed by atoms with Crippen LogP contribution in [-0.2, 0) is 4.57 Å². The fourth-order valence-corrected chi connectivity index (χ4v) is 2.71. The van der Waals surface area contributed by atoms with E-state index in [4.69, 9.17) is 9.05 Å². The molecule has 0 unspecified atom stereocenters. The minimum Gasteiger partial charge on any atom is -0.415 e. The van der Waals surface area contributed by atoms with Crippen LogP contribution in [0.5, 0.6) is 11.5 Å². The Morgan fingerprint density at radius 2 is 1.25 bits per heavy atom. The molecular weight excluding hydrogens is 421 g/mol. The summed E-state index contributed by atoms with van der Waals surface area (Å²) in [6.45, 7) is 0. The van der Waals surface area contributed by atoms with Crippen LogP contribution in [0.1, 0.15) is 0 Å². The van der Waals surface area contributed by atoms with E-state index >= 15 is 0 Å². The van der Waals surface area contributed by atoms with E-state index in [1.54, 1.807) is 0 Å². The smallest absolute Gasteiger partial charge is 0.415 e. The molecule has 0 spiro atoms. The Morgan fingerprint density at radius 1 is 0.850 bits per heavy atom. The number of rotatable bonds is 4.